The maximum atomic E-state index is 5.66. The second kappa shape index (κ2) is 7.62. The van der Waals surface area contributed by atoms with Crippen LogP contribution in [0, 0.1) is 0 Å². The molecule has 0 spiro atoms. The second-order valence-electron chi connectivity index (χ2n) is 4.92. The molecule has 0 radical (unpaired) electrons. The first-order valence-electron chi connectivity index (χ1n) is 4.49. The van der Waals surface area contributed by atoms with E-state index < -0.39 is 16.6 Å². The highest BCUT2D eigenvalue weighted by molar-refractivity contribution is 6.70. The van der Waals surface area contributed by atoms with E-state index in [0.29, 0.717) is 0 Å². The summed E-state index contributed by atoms with van der Waals surface area (Å²) < 4.78 is 11.3. The molecule has 0 heterocycles. The molecular weight excluding hydrogens is 208 g/mol. The van der Waals surface area contributed by atoms with Gasteiger partial charge in [-0.3, -0.25) is 0 Å². The lowest BCUT2D eigenvalue weighted by molar-refractivity contribution is 0.208. The van der Waals surface area contributed by atoms with Gasteiger partial charge in [0, 0.05) is 0 Å². The molecule has 0 aliphatic rings. The van der Waals surface area contributed by atoms with Gasteiger partial charge in [-0.15, -0.1) is 0 Å². The van der Waals surface area contributed by atoms with Crippen LogP contribution in [0.2, 0.25) is 39.3 Å². The predicted octanol–water partition coefficient (Wildman–Crippen LogP) is 3.96. The molecule has 0 saturated carbocycles. The van der Waals surface area contributed by atoms with Crippen LogP contribution in [0.1, 0.15) is 14.9 Å². The van der Waals surface area contributed by atoms with Crippen molar-refractivity contribution in [1.82, 2.24) is 0 Å². The first-order chi connectivity index (χ1) is 5.21. The van der Waals surface area contributed by atoms with E-state index in [1.54, 1.807) is 0 Å². The van der Waals surface area contributed by atoms with Crippen molar-refractivity contribution in [3.05, 3.63) is 0 Å². The van der Waals surface area contributed by atoms with Crippen molar-refractivity contribution >= 4 is 16.6 Å². The zero-order valence-electron chi connectivity index (χ0n) is 9.23. The van der Waals surface area contributed by atoms with Gasteiger partial charge in [0.1, 0.15) is 0 Å². The quantitative estimate of drug-likeness (QED) is 0.533. The van der Waals surface area contributed by atoms with Crippen LogP contribution < -0.4 is 0 Å². The predicted molar refractivity (Wildman–Crippen MR) is 72.1 cm³/mol. The molecule has 0 rings (SSSR count). The van der Waals surface area contributed by atoms with E-state index in [9.17, 15) is 0 Å². The van der Waals surface area contributed by atoms with Gasteiger partial charge in [0.15, 0.2) is 16.6 Å². The van der Waals surface area contributed by atoms with Crippen LogP contribution in [0.3, 0.4) is 0 Å². The summed E-state index contributed by atoms with van der Waals surface area (Å²) in [5, 5.41) is 0. The lowest BCUT2D eigenvalue weighted by Crippen LogP contribution is -2.31. The summed E-state index contributed by atoms with van der Waals surface area (Å²) in [5.41, 5.74) is 0. The van der Waals surface area contributed by atoms with Crippen molar-refractivity contribution in [2.45, 2.75) is 54.1 Å². The SMILES string of the molecule is C.C.C[Si](C)(C)OCCO[Si](C)(C)C. The molecule has 0 aromatic heterocycles. The molecule has 4 heteroatoms. The molecular formula is C10H30O2Si2. The Bertz CT molecular complexity index is 109. The van der Waals surface area contributed by atoms with E-state index in [-0.39, 0.29) is 14.9 Å². The average molecular weight is 239 g/mol. The van der Waals surface area contributed by atoms with E-state index >= 15 is 0 Å². The maximum Gasteiger partial charge on any atom is 0.183 e. The van der Waals surface area contributed by atoms with Crippen molar-refractivity contribution in [2.24, 2.45) is 0 Å². The minimum absolute atomic E-state index is 0. The molecule has 90 valence electrons. The summed E-state index contributed by atoms with van der Waals surface area (Å²) in [6, 6.07) is 0. The van der Waals surface area contributed by atoms with Gasteiger partial charge in [-0.1, -0.05) is 14.9 Å². The van der Waals surface area contributed by atoms with Gasteiger partial charge in [-0.25, -0.2) is 0 Å². The van der Waals surface area contributed by atoms with Crippen LogP contribution in [0.4, 0.5) is 0 Å². The summed E-state index contributed by atoms with van der Waals surface area (Å²) in [6.07, 6.45) is 0. The Labute approximate surface area is 93.3 Å². The third-order valence-corrected chi connectivity index (χ3v) is 3.29. The van der Waals surface area contributed by atoms with E-state index in [4.69, 9.17) is 8.85 Å². The molecule has 0 aliphatic heterocycles. The minimum atomic E-state index is -1.32. The van der Waals surface area contributed by atoms with E-state index in [2.05, 4.69) is 39.3 Å². The van der Waals surface area contributed by atoms with Gasteiger partial charge in [-0.2, -0.15) is 0 Å². The monoisotopic (exact) mass is 238 g/mol. The Morgan fingerprint density at radius 2 is 0.857 bits per heavy atom. The maximum absolute atomic E-state index is 5.66. The van der Waals surface area contributed by atoms with Gasteiger partial charge < -0.3 is 8.85 Å². The second-order valence-corrected chi connectivity index (χ2v) is 13.9. The fourth-order valence-electron chi connectivity index (χ4n) is 0.696. The molecule has 14 heavy (non-hydrogen) atoms. The fourth-order valence-corrected chi connectivity index (χ4v) is 2.09. The normalized spacial score (nSPS) is 11.6. The molecule has 0 atom stereocenters. The highest BCUT2D eigenvalue weighted by Crippen LogP contribution is 2.04. The highest BCUT2D eigenvalue weighted by atomic mass is 28.4. The molecule has 0 amide bonds. The van der Waals surface area contributed by atoms with E-state index in [1.165, 1.54) is 0 Å². The van der Waals surface area contributed by atoms with Crippen LogP contribution in [-0.2, 0) is 8.85 Å². The number of hydrogen-bond donors (Lipinski definition) is 0. The molecule has 2 nitrogen and oxygen atoms in total. The Balaban J connectivity index is -0.000000605. The van der Waals surface area contributed by atoms with E-state index in [0.717, 1.165) is 13.2 Å². The minimum Gasteiger partial charge on any atom is -0.415 e. The topological polar surface area (TPSA) is 18.5 Å². The van der Waals surface area contributed by atoms with Gasteiger partial charge in [0.25, 0.3) is 0 Å². The molecule has 0 N–H and O–H groups in total. The van der Waals surface area contributed by atoms with Crippen molar-refractivity contribution in [3.63, 3.8) is 0 Å². The van der Waals surface area contributed by atoms with Crippen LogP contribution in [0.15, 0.2) is 0 Å². The third kappa shape index (κ3) is 18.2. The molecule has 0 fully saturated rings. The molecule has 0 aliphatic carbocycles. The molecule has 0 aromatic carbocycles. The van der Waals surface area contributed by atoms with Gasteiger partial charge in [0.2, 0.25) is 0 Å². The Morgan fingerprint density at radius 1 is 0.643 bits per heavy atom. The average Bonchev–Trinajstić information content (AvgIpc) is 1.76. The van der Waals surface area contributed by atoms with Crippen molar-refractivity contribution in [2.75, 3.05) is 13.2 Å². The van der Waals surface area contributed by atoms with Crippen molar-refractivity contribution in [1.29, 1.82) is 0 Å². The molecule has 0 aromatic rings. The van der Waals surface area contributed by atoms with Crippen LogP contribution in [0.5, 0.6) is 0 Å². The Morgan fingerprint density at radius 3 is 1.00 bits per heavy atom. The highest BCUT2D eigenvalue weighted by Gasteiger charge is 2.16. The smallest absolute Gasteiger partial charge is 0.183 e. The van der Waals surface area contributed by atoms with Crippen LogP contribution in [-0.4, -0.2) is 29.8 Å². The summed E-state index contributed by atoms with van der Waals surface area (Å²) in [4.78, 5) is 0. The van der Waals surface area contributed by atoms with Gasteiger partial charge >= 0.3 is 0 Å². The standard InChI is InChI=1S/C8H22O2Si2.2CH4/c1-11(2,3)9-7-8-10-12(4,5)6;;/h7-8H2,1-6H3;2*1H4. The molecule has 0 bridgehead atoms. The van der Waals surface area contributed by atoms with Crippen LogP contribution in [0.25, 0.3) is 0 Å². The molecule has 0 saturated heterocycles. The van der Waals surface area contributed by atoms with Crippen molar-refractivity contribution in [3.8, 4) is 0 Å². The first kappa shape index (κ1) is 19.9. The summed E-state index contributed by atoms with van der Waals surface area (Å²) in [7, 11) is -2.64. The van der Waals surface area contributed by atoms with Gasteiger partial charge in [-0.05, 0) is 39.3 Å². The molecule has 0 unspecified atom stereocenters. The number of rotatable bonds is 5. The number of hydrogen-bond acceptors (Lipinski definition) is 2. The van der Waals surface area contributed by atoms with Crippen LogP contribution >= 0.6 is 0 Å². The Hall–Kier alpha value is 0.354. The largest absolute Gasteiger partial charge is 0.415 e. The van der Waals surface area contributed by atoms with Gasteiger partial charge in [0.05, 0.1) is 13.2 Å². The lowest BCUT2D eigenvalue weighted by atomic mass is 10.8. The summed E-state index contributed by atoms with van der Waals surface area (Å²) in [5.74, 6) is 0. The fraction of sp³-hybridized carbons (Fsp3) is 1.00. The van der Waals surface area contributed by atoms with E-state index in [1.807, 2.05) is 0 Å². The zero-order chi connectivity index (χ0) is 9.83. The third-order valence-electron chi connectivity index (χ3n) is 1.15. The lowest BCUT2D eigenvalue weighted by Gasteiger charge is -2.21. The van der Waals surface area contributed by atoms with Crippen molar-refractivity contribution < 1.29 is 8.85 Å². The summed E-state index contributed by atoms with van der Waals surface area (Å²) in [6.45, 7) is 14.7. The summed E-state index contributed by atoms with van der Waals surface area (Å²) >= 11 is 0. The Kier molecular flexibility index (Phi) is 10.8. The first-order valence-corrected chi connectivity index (χ1v) is 11.3. The zero-order valence-corrected chi connectivity index (χ0v) is 11.2.